The molecule has 29 heavy (non-hydrogen) atoms. The number of phenols is 1. The Morgan fingerprint density at radius 2 is 1.93 bits per heavy atom. The van der Waals surface area contributed by atoms with Gasteiger partial charge in [-0.05, 0) is 54.5 Å². The van der Waals surface area contributed by atoms with Crippen LogP contribution in [0.5, 0.6) is 11.5 Å². The third kappa shape index (κ3) is 5.58. The van der Waals surface area contributed by atoms with Crippen molar-refractivity contribution in [2.75, 3.05) is 32.7 Å². The standard InChI is InChI=1S/C20H23ClO6S2/c1-25-20-17-3-2-12-28-19(16(17)8-9-18(20)22)13-26-10-11-27-29(23,24)15-6-4-14(21)5-7-15/h4-9,19,22H,2-3,10-13H2,1H3. The molecule has 0 saturated heterocycles. The van der Waals surface area contributed by atoms with Gasteiger partial charge in [0.25, 0.3) is 10.1 Å². The summed E-state index contributed by atoms with van der Waals surface area (Å²) in [6.07, 6.45) is 1.81. The summed E-state index contributed by atoms with van der Waals surface area (Å²) in [5.74, 6) is 1.62. The Hall–Kier alpha value is -1.45. The maximum Gasteiger partial charge on any atom is 0.297 e. The van der Waals surface area contributed by atoms with Crippen LogP contribution in [0.15, 0.2) is 41.3 Å². The van der Waals surface area contributed by atoms with Crippen molar-refractivity contribution in [1.82, 2.24) is 0 Å². The molecule has 6 nitrogen and oxygen atoms in total. The van der Waals surface area contributed by atoms with E-state index in [4.69, 9.17) is 25.3 Å². The van der Waals surface area contributed by atoms with Crippen LogP contribution in [0.1, 0.15) is 22.8 Å². The first-order chi connectivity index (χ1) is 13.9. The molecule has 1 N–H and O–H groups in total. The largest absolute Gasteiger partial charge is 0.504 e. The first-order valence-electron chi connectivity index (χ1n) is 9.15. The number of methoxy groups -OCH3 is 1. The molecule has 0 radical (unpaired) electrons. The van der Waals surface area contributed by atoms with Gasteiger partial charge >= 0.3 is 0 Å². The van der Waals surface area contributed by atoms with Gasteiger partial charge in [-0.3, -0.25) is 4.18 Å². The fraction of sp³-hybridized carbons (Fsp3) is 0.400. The van der Waals surface area contributed by atoms with Crippen LogP contribution in [0.25, 0.3) is 0 Å². The lowest BCUT2D eigenvalue weighted by Gasteiger charge is -2.19. The number of thioether (sulfide) groups is 1. The summed E-state index contributed by atoms with van der Waals surface area (Å²) in [4.78, 5) is 0.0575. The van der Waals surface area contributed by atoms with Gasteiger partial charge in [-0.15, -0.1) is 0 Å². The van der Waals surface area contributed by atoms with Crippen molar-refractivity contribution in [1.29, 1.82) is 0 Å². The quantitative estimate of drug-likeness (QED) is 0.469. The highest BCUT2D eigenvalue weighted by Crippen LogP contribution is 2.42. The van der Waals surface area contributed by atoms with Gasteiger partial charge in [-0.2, -0.15) is 20.2 Å². The lowest BCUT2D eigenvalue weighted by Crippen LogP contribution is -2.14. The highest BCUT2D eigenvalue weighted by molar-refractivity contribution is 7.99. The van der Waals surface area contributed by atoms with Gasteiger partial charge in [0.15, 0.2) is 11.5 Å². The van der Waals surface area contributed by atoms with E-state index in [0.717, 1.165) is 29.7 Å². The minimum absolute atomic E-state index is 0.0575. The summed E-state index contributed by atoms with van der Waals surface area (Å²) < 4.78 is 40.4. The lowest BCUT2D eigenvalue weighted by atomic mass is 9.99. The average molecular weight is 459 g/mol. The fourth-order valence-electron chi connectivity index (χ4n) is 3.18. The Morgan fingerprint density at radius 1 is 1.17 bits per heavy atom. The van der Waals surface area contributed by atoms with E-state index < -0.39 is 10.1 Å². The van der Waals surface area contributed by atoms with Crippen LogP contribution >= 0.6 is 23.4 Å². The summed E-state index contributed by atoms with van der Waals surface area (Å²) in [7, 11) is -2.29. The molecule has 0 aromatic heterocycles. The van der Waals surface area contributed by atoms with Crippen molar-refractivity contribution in [2.45, 2.75) is 23.0 Å². The third-order valence-corrected chi connectivity index (χ3v) is 7.45. The Balaban J connectivity index is 1.55. The fourth-order valence-corrected chi connectivity index (χ4v) is 5.39. The van der Waals surface area contributed by atoms with Crippen molar-refractivity contribution < 1.29 is 27.2 Å². The maximum atomic E-state index is 12.2. The first kappa shape index (κ1) is 22.2. The van der Waals surface area contributed by atoms with E-state index in [2.05, 4.69) is 0 Å². The molecule has 9 heteroatoms. The normalized spacial score (nSPS) is 16.8. The zero-order valence-corrected chi connectivity index (χ0v) is 18.4. The molecule has 1 heterocycles. The molecule has 0 spiro atoms. The van der Waals surface area contributed by atoms with E-state index in [1.807, 2.05) is 6.07 Å². The Morgan fingerprint density at radius 3 is 2.66 bits per heavy atom. The Labute approximate surface area is 180 Å². The van der Waals surface area contributed by atoms with Gasteiger partial charge in [-0.25, -0.2) is 0 Å². The summed E-state index contributed by atoms with van der Waals surface area (Å²) in [5.41, 5.74) is 2.09. The molecule has 2 aromatic carbocycles. The molecule has 0 saturated carbocycles. The summed E-state index contributed by atoms with van der Waals surface area (Å²) in [6, 6.07) is 9.35. The SMILES string of the molecule is COc1c(O)ccc2c1CCCSC2COCCOS(=O)(=O)c1ccc(Cl)cc1. The number of fused-ring (bicyclic) bond motifs is 1. The van der Waals surface area contributed by atoms with E-state index in [1.54, 1.807) is 24.9 Å². The molecule has 0 amide bonds. The maximum absolute atomic E-state index is 12.2. The minimum Gasteiger partial charge on any atom is -0.504 e. The predicted octanol–water partition coefficient (Wildman–Crippen LogP) is 4.20. The summed E-state index contributed by atoms with van der Waals surface area (Å²) in [6.45, 7) is 0.485. The number of halogens is 1. The van der Waals surface area contributed by atoms with Crippen molar-refractivity contribution in [2.24, 2.45) is 0 Å². The predicted molar refractivity (Wildman–Crippen MR) is 114 cm³/mol. The number of hydrogen-bond donors (Lipinski definition) is 1. The van der Waals surface area contributed by atoms with E-state index in [9.17, 15) is 13.5 Å². The second kappa shape index (κ2) is 10.0. The molecule has 2 aromatic rings. The van der Waals surface area contributed by atoms with Crippen LogP contribution in [0.4, 0.5) is 0 Å². The van der Waals surface area contributed by atoms with Gasteiger partial charge in [-0.1, -0.05) is 17.7 Å². The summed E-state index contributed by atoms with van der Waals surface area (Å²) in [5, 5.41) is 10.6. The highest BCUT2D eigenvalue weighted by atomic mass is 35.5. The minimum atomic E-state index is -3.84. The van der Waals surface area contributed by atoms with E-state index in [-0.39, 0.29) is 29.1 Å². The molecule has 158 valence electrons. The molecule has 0 bridgehead atoms. The zero-order valence-electron chi connectivity index (χ0n) is 16.0. The smallest absolute Gasteiger partial charge is 0.297 e. The molecule has 0 fully saturated rings. The topological polar surface area (TPSA) is 82.1 Å². The van der Waals surface area contributed by atoms with Gasteiger partial charge in [0.2, 0.25) is 0 Å². The van der Waals surface area contributed by atoms with E-state index >= 15 is 0 Å². The third-order valence-electron chi connectivity index (χ3n) is 4.55. The average Bonchev–Trinajstić information content (AvgIpc) is 2.90. The number of rotatable bonds is 8. The van der Waals surface area contributed by atoms with Crippen LogP contribution < -0.4 is 4.74 Å². The number of benzene rings is 2. The zero-order chi connectivity index (χ0) is 20.9. The first-order valence-corrected chi connectivity index (χ1v) is 12.0. The van der Waals surface area contributed by atoms with Gasteiger partial charge in [0, 0.05) is 10.6 Å². The van der Waals surface area contributed by atoms with Crippen LogP contribution in [-0.4, -0.2) is 46.2 Å². The molecule has 0 aliphatic carbocycles. The van der Waals surface area contributed by atoms with Gasteiger partial charge in [0.05, 0.1) is 37.1 Å². The van der Waals surface area contributed by atoms with E-state index in [1.165, 1.54) is 24.3 Å². The van der Waals surface area contributed by atoms with Crippen molar-refractivity contribution in [3.05, 3.63) is 52.5 Å². The van der Waals surface area contributed by atoms with E-state index in [0.29, 0.717) is 17.4 Å². The van der Waals surface area contributed by atoms with Crippen LogP contribution in [0.3, 0.4) is 0 Å². The molecular weight excluding hydrogens is 436 g/mol. The van der Waals surface area contributed by atoms with Gasteiger partial charge in [0.1, 0.15) is 0 Å². The van der Waals surface area contributed by atoms with Crippen molar-refractivity contribution >= 4 is 33.5 Å². The van der Waals surface area contributed by atoms with Gasteiger partial charge < -0.3 is 14.6 Å². The van der Waals surface area contributed by atoms with Crippen LogP contribution in [0.2, 0.25) is 5.02 Å². The molecule has 3 rings (SSSR count). The molecule has 1 atom stereocenters. The molecular formula is C20H23ClO6S2. The number of aromatic hydroxyl groups is 1. The number of phenolic OH excluding ortho intramolecular Hbond substituents is 1. The van der Waals surface area contributed by atoms with Crippen LogP contribution in [0, 0.1) is 0 Å². The molecule has 1 aliphatic heterocycles. The van der Waals surface area contributed by atoms with Crippen molar-refractivity contribution in [3.8, 4) is 11.5 Å². The number of hydrogen-bond acceptors (Lipinski definition) is 7. The monoisotopic (exact) mass is 458 g/mol. The number of ether oxygens (including phenoxy) is 2. The second-order valence-electron chi connectivity index (χ2n) is 6.45. The Kier molecular flexibility index (Phi) is 7.70. The van der Waals surface area contributed by atoms with Crippen LogP contribution in [-0.2, 0) is 25.5 Å². The molecule has 1 aliphatic rings. The van der Waals surface area contributed by atoms with Crippen molar-refractivity contribution in [3.63, 3.8) is 0 Å². The highest BCUT2D eigenvalue weighted by Gasteiger charge is 2.24. The second-order valence-corrected chi connectivity index (χ2v) is 9.82. The molecule has 1 unspecified atom stereocenters. The Bertz CT molecular complexity index is 931. The summed E-state index contributed by atoms with van der Waals surface area (Å²) >= 11 is 7.56. The lowest BCUT2D eigenvalue weighted by molar-refractivity contribution is 0.103.